The number of carbonyl (C=O) groups excluding carboxylic acids is 4. The average Bonchev–Trinajstić information content (AvgIpc) is 3.25. The number of hydrogen-bond donors (Lipinski definition) is 1. The van der Waals surface area contributed by atoms with Crippen LogP contribution in [-0.4, -0.2) is 53.2 Å². The van der Waals surface area contributed by atoms with Crippen molar-refractivity contribution in [2.75, 3.05) is 6.67 Å². The second-order valence-corrected chi connectivity index (χ2v) is 10.0. The van der Waals surface area contributed by atoms with Gasteiger partial charge in [-0.1, -0.05) is 56.7 Å². The van der Waals surface area contributed by atoms with Crippen LogP contribution in [0.15, 0.2) is 48.5 Å². The van der Waals surface area contributed by atoms with Crippen LogP contribution in [0.3, 0.4) is 0 Å². The number of amides is 1. The number of para-hydroxylation sites is 2. The minimum atomic E-state index is -1.42. The van der Waals surface area contributed by atoms with E-state index in [2.05, 4.69) is 5.32 Å². The zero-order chi connectivity index (χ0) is 27.2. The lowest BCUT2D eigenvalue weighted by molar-refractivity contribution is -0.152. The summed E-state index contributed by atoms with van der Waals surface area (Å²) in [5.41, 5.74) is 1.25. The summed E-state index contributed by atoms with van der Waals surface area (Å²) in [6.45, 7) is 2.02. The molecule has 0 bridgehead atoms. The first-order valence-corrected chi connectivity index (χ1v) is 13.1. The Hall–Kier alpha value is -3.75. The van der Waals surface area contributed by atoms with Crippen LogP contribution in [-0.2, 0) is 23.9 Å². The molecular weight excluding hydrogens is 491 g/mol. The first kappa shape index (κ1) is 27.3. The molecule has 3 aromatic rings. The third kappa shape index (κ3) is 6.03. The fourth-order valence-corrected chi connectivity index (χ4v) is 4.95. The van der Waals surface area contributed by atoms with Gasteiger partial charge < -0.3 is 14.8 Å². The summed E-state index contributed by atoms with van der Waals surface area (Å²) in [6, 6.07) is 13.3. The van der Waals surface area contributed by atoms with Crippen molar-refractivity contribution in [3.05, 3.63) is 48.5 Å². The van der Waals surface area contributed by atoms with E-state index < -0.39 is 54.9 Å². The standard InChI is InChI=1S/C29H33FN2O6/c1-18(2)27(28(35)31-22(25(33)17-30)16-26(34)37-19-10-4-3-5-11-19)38-29(36)32-23-14-8-6-12-20(23)21-13-7-9-15-24(21)32/h6-9,12-15,18-19,22,27H,3-5,10-11,16-17H2,1-2H3,(H,31,35). The maximum Gasteiger partial charge on any atom is 0.419 e. The van der Waals surface area contributed by atoms with Crippen molar-refractivity contribution in [2.24, 2.45) is 5.92 Å². The van der Waals surface area contributed by atoms with E-state index in [9.17, 15) is 23.6 Å². The number of carbonyl (C=O) groups is 4. The topological polar surface area (TPSA) is 104 Å². The van der Waals surface area contributed by atoms with Gasteiger partial charge in [0.15, 0.2) is 11.9 Å². The number of esters is 1. The predicted octanol–water partition coefficient (Wildman–Crippen LogP) is 5.09. The van der Waals surface area contributed by atoms with E-state index >= 15 is 0 Å². The van der Waals surface area contributed by atoms with Gasteiger partial charge in [-0.05, 0) is 43.7 Å². The predicted molar refractivity (Wildman–Crippen MR) is 140 cm³/mol. The van der Waals surface area contributed by atoms with E-state index in [1.807, 2.05) is 24.3 Å². The van der Waals surface area contributed by atoms with Gasteiger partial charge >= 0.3 is 12.1 Å². The van der Waals surface area contributed by atoms with E-state index in [4.69, 9.17) is 9.47 Å². The van der Waals surface area contributed by atoms with Gasteiger partial charge in [-0.15, -0.1) is 0 Å². The molecule has 4 rings (SSSR count). The zero-order valence-electron chi connectivity index (χ0n) is 21.7. The van der Waals surface area contributed by atoms with Gasteiger partial charge in [0.1, 0.15) is 18.8 Å². The van der Waals surface area contributed by atoms with Gasteiger partial charge in [-0.2, -0.15) is 0 Å². The minimum Gasteiger partial charge on any atom is -0.462 e. The fraction of sp³-hybridized carbons (Fsp3) is 0.448. The smallest absolute Gasteiger partial charge is 0.419 e. The number of ether oxygens (including phenoxy) is 2. The van der Waals surface area contributed by atoms with Crippen LogP contribution in [0.1, 0.15) is 52.4 Å². The van der Waals surface area contributed by atoms with Crippen LogP contribution in [0.25, 0.3) is 21.8 Å². The number of hydrogen-bond acceptors (Lipinski definition) is 6. The molecule has 1 aliphatic carbocycles. The van der Waals surface area contributed by atoms with Crippen molar-refractivity contribution in [3.63, 3.8) is 0 Å². The van der Waals surface area contributed by atoms with Crippen molar-refractivity contribution in [1.29, 1.82) is 0 Å². The molecule has 1 heterocycles. The molecule has 2 atom stereocenters. The Balaban J connectivity index is 1.50. The summed E-state index contributed by atoms with van der Waals surface area (Å²) in [5.74, 6) is -2.88. The molecule has 8 nitrogen and oxygen atoms in total. The number of alkyl halides is 1. The summed E-state index contributed by atoms with van der Waals surface area (Å²) in [5, 5.41) is 4.14. The third-order valence-corrected chi connectivity index (χ3v) is 6.91. The quantitative estimate of drug-likeness (QED) is 0.391. The normalized spacial score (nSPS) is 15.8. The number of halogens is 1. The van der Waals surface area contributed by atoms with E-state index in [1.165, 1.54) is 4.57 Å². The molecule has 0 aliphatic heterocycles. The molecular formula is C29H33FN2O6. The molecule has 0 spiro atoms. The lowest BCUT2D eigenvalue weighted by Crippen LogP contribution is -2.50. The molecule has 9 heteroatoms. The van der Waals surface area contributed by atoms with Gasteiger partial charge in [0.25, 0.3) is 5.91 Å². The minimum absolute atomic E-state index is 0.233. The summed E-state index contributed by atoms with van der Waals surface area (Å²) in [4.78, 5) is 51.3. The van der Waals surface area contributed by atoms with Gasteiger partial charge in [0.05, 0.1) is 17.5 Å². The number of fused-ring (bicyclic) bond motifs is 3. The highest BCUT2D eigenvalue weighted by Gasteiger charge is 2.33. The van der Waals surface area contributed by atoms with E-state index in [0.29, 0.717) is 11.0 Å². The van der Waals surface area contributed by atoms with Crippen LogP contribution in [0.5, 0.6) is 0 Å². The SMILES string of the molecule is CC(C)C(OC(=O)n1c2ccccc2c2ccccc21)C(=O)NC(CC(=O)OC1CCCCC1)C(=O)CF. The van der Waals surface area contributed by atoms with Crippen molar-refractivity contribution >= 4 is 45.6 Å². The molecule has 0 saturated heterocycles. The average molecular weight is 525 g/mol. The van der Waals surface area contributed by atoms with Crippen LogP contribution in [0.4, 0.5) is 9.18 Å². The summed E-state index contributed by atoms with van der Waals surface area (Å²) < 4.78 is 25.8. The number of aromatic nitrogens is 1. The lowest BCUT2D eigenvalue weighted by Gasteiger charge is -2.25. The lowest BCUT2D eigenvalue weighted by atomic mass is 9.98. The molecule has 202 valence electrons. The van der Waals surface area contributed by atoms with Crippen LogP contribution in [0.2, 0.25) is 0 Å². The largest absolute Gasteiger partial charge is 0.462 e. The zero-order valence-corrected chi connectivity index (χ0v) is 21.7. The van der Waals surface area contributed by atoms with Gasteiger partial charge in [-0.25, -0.2) is 13.8 Å². The Bertz CT molecular complexity index is 1270. The van der Waals surface area contributed by atoms with E-state index in [-0.39, 0.29) is 6.10 Å². The molecule has 0 radical (unpaired) electrons. The molecule has 38 heavy (non-hydrogen) atoms. The van der Waals surface area contributed by atoms with Crippen LogP contribution < -0.4 is 5.32 Å². The number of nitrogens with one attached hydrogen (secondary N) is 1. The molecule has 2 unspecified atom stereocenters. The Labute approximate surface area is 220 Å². The Kier molecular flexibility index (Phi) is 8.76. The Morgan fingerprint density at radius 1 is 0.947 bits per heavy atom. The fourth-order valence-electron chi connectivity index (χ4n) is 4.95. The van der Waals surface area contributed by atoms with E-state index in [1.54, 1.807) is 38.1 Å². The Morgan fingerprint density at radius 3 is 2.08 bits per heavy atom. The van der Waals surface area contributed by atoms with Crippen LogP contribution >= 0.6 is 0 Å². The van der Waals surface area contributed by atoms with Crippen molar-refractivity contribution < 1.29 is 33.0 Å². The molecule has 1 amide bonds. The number of benzene rings is 2. The molecule has 1 aliphatic rings. The Morgan fingerprint density at radius 2 is 1.53 bits per heavy atom. The number of rotatable bonds is 9. The maximum atomic E-state index is 13.4. The molecule has 2 aromatic carbocycles. The van der Waals surface area contributed by atoms with Gasteiger partial charge in [-0.3, -0.25) is 14.4 Å². The highest BCUT2D eigenvalue weighted by molar-refractivity contribution is 6.12. The third-order valence-electron chi connectivity index (χ3n) is 6.91. The first-order chi connectivity index (χ1) is 18.3. The maximum absolute atomic E-state index is 13.4. The van der Waals surface area contributed by atoms with Crippen molar-refractivity contribution in [2.45, 2.75) is 70.6 Å². The van der Waals surface area contributed by atoms with Crippen LogP contribution in [0, 0.1) is 5.92 Å². The molecule has 1 N–H and O–H groups in total. The first-order valence-electron chi connectivity index (χ1n) is 13.1. The van der Waals surface area contributed by atoms with E-state index in [0.717, 1.165) is 42.9 Å². The highest BCUT2D eigenvalue weighted by atomic mass is 19.1. The van der Waals surface area contributed by atoms with Gasteiger partial charge in [0.2, 0.25) is 0 Å². The molecule has 1 aromatic heterocycles. The number of Topliss-reactive ketones (excluding diaryl/α,β-unsaturated/α-hetero) is 1. The summed E-state index contributed by atoms with van der Waals surface area (Å²) >= 11 is 0. The second-order valence-electron chi connectivity index (χ2n) is 10.0. The monoisotopic (exact) mass is 524 g/mol. The summed E-state index contributed by atoms with van der Waals surface area (Å²) in [6.07, 6.45) is 1.70. The number of nitrogens with zero attached hydrogens (tertiary/aromatic N) is 1. The van der Waals surface area contributed by atoms with Crippen molar-refractivity contribution in [1.82, 2.24) is 9.88 Å². The highest BCUT2D eigenvalue weighted by Crippen LogP contribution is 2.29. The molecule has 1 fully saturated rings. The summed E-state index contributed by atoms with van der Waals surface area (Å²) in [7, 11) is 0. The second kappa shape index (κ2) is 12.2. The van der Waals surface area contributed by atoms with Crippen molar-refractivity contribution in [3.8, 4) is 0 Å². The molecule has 1 saturated carbocycles. The van der Waals surface area contributed by atoms with Gasteiger partial charge in [0, 0.05) is 10.8 Å². The number of ketones is 1.